The van der Waals surface area contributed by atoms with Crippen LogP contribution in [0.15, 0.2) is 0 Å². The van der Waals surface area contributed by atoms with Gasteiger partial charge in [0.1, 0.15) is 0 Å². The molecule has 3 saturated carbocycles. The quantitative estimate of drug-likeness (QED) is 0.732. The minimum absolute atomic E-state index is 0.223. The van der Waals surface area contributed by atoms with E-state index in [4.69, 9.17) is 0 Å². The Bertz CT molecular complexity index is 294. The van der Waals surface area contributed by atoms with Crippen LogP contribution in [0.5, 0.6) is 0 Å². The van der Waals surface area contributed by atoms with Crippen LogP contribution >= 0.6 is 0 Å². The van der Waals surface area contributed by atoms with E-state index in [2.05, 4.69) is 20.8 Å². The predicted octanol–water partition coefficient (Wildman–Crippen LogP) is 4.39. The van der Waals surface area contributed by atoms with E-state index in [-0.39, 0.29) is 5.60 Å². The molecule has 0 heterocycles. The molecular weight excluding hydrogens is 220 g/mol. The van der Waals surface area contributed by atoms with Crippen molar-refractivity contribution in [3.05, 3.63) is 0 Å². The summed E-state index contributed by atoms with van der Waals surface area (Å²) in [5.74, 6) is 2.87. The third kappa shape index (κ3) is 1.94. The van der Waals surface area contributed by atoms with Crippen LogP contribution < -0.4 is 0 Å². The molecule has 0 aromatic heterocycles. The van der Waals surface area contributed by atoms with Crippen LogP contribution in [-0.2, 0) is 0 Å². The van der Waals surface area contributed by atoms with Crippen molar-refractivity contribution in [3.8, 4) is 0 Å². The highest BCUT2D eigenvalue weighted by atomic mass is 16.3. The van der Waals surface area contributed by atoms with Crippen LogP contribution in [0, 0.1) is 29.1 Å². The van der Waals surface area contributed by atoms with Crippen LogP contribution in [0.25, 0.3) is 0 Å². The normalized spacial score (nSPS) is 48.7. The highest BCUT2D eigenvalue weighted by molar-refractivity contribution is 5.16. The molecule has 2 atom stereocenters. The van der Waals surface area contributed by atoms with Crippen molar-refractivity contribution in [2.45, 2.75) is 77.7 Å². The van der Waals surface area contributed by atoms with E-state index in [1.807, 2.05) is 0 Å². The minimum Gasteiger partial charge on any atom is -0.389 e. The van der Waals surface area contributed by atoms with Gasteiger partial charge in [0, 0.05) is 0 Å². The van der Waals surface area contributed by atoms with Crippen molar-refractivity contribution in [2.75, 3.05) is 0 Å². The average molecular weight is 250 g/mol. The van der Waals surface area contributed by atoms with Gasteiger partial charge in [-0.05, 0) is 67.6 Å². The van der Waals surface area contributed by atoms with Gasteiger partial charge in [-0.2, -0.15) is 0 Å². The molecule has 2 unspecified atom stereocenters. The summed E-state index contributed by atoms with van der Waals surface area (Å²) in [7, 11) is 0. The van der Waals surface area contributed by atoms with Gasteiger partial charge in [0.2, 0.25) is 0 Å². The Morgan fingerprint density at radius 1 is 0.833 bits per heavy atom. The second-order valence-corrected chi connectivity index (χ2v) is 8.30. The number of aliphatic hydroxyl groups is 1. The number of hydrogen-bond donors (Lipinski definition) is 1. The summed E-state index contributed by atoms with van der Waals surface area (Å²) in [4.78, 5) is 0. The van der Waals surface area contributed by atoms with E-state index in [0.717, 1.165) is 5.92 Å². The Hall–Kier alpha value is -0.0400. The molecule has 1 nitrogen and oxygen atoms in total. The zero-order valence-corrected chi connectivity index (χ0v) is 12.4. The maximum atomic E-state index is 11.0. The third-order valence-corrected chi connectivity index (χ3v) is 6.45. The van der Waals surface area contributed by atoms with Gasteiger partial charge in [0.05, 0.1) is 5.60 Å². The molecule has 0 spiro atoms. The molecular formula is C17H30O. The predicted molar refractivity (Wildman–Crippen MR) is 75.3 cm³/mol. The molecule has 0 saturated heterocycles. The second kappa shape index (κ2) is 4.23. The molecule has 0 bridgehead atoms. The van der Waals surface area contributed by atoms with Crippen molar-refractivity contribution in [3.63, 3.8) is 0 Å². The lowest BCUT2D eigenvalue weighted by molar-refractivity contribution is 0.0137. The van der Waals surface area contributed by atoms with Gasteiger partial charge >= 0.3 is 0 Å². The highest BCUT2D eigenvalue weighted by Gasteiger charge is 2.66. The molecule has 104 valence electrons. The van der Waals surface area contributed by atoms with Crippen LogP contribution in [0.2, 0.25) is 0 Å². The molecule has 3 aliphatic carbocycles. The number of fused-ring (bicyclic) bond motifs is 1. The average Bonchev–Trinajstić information content (AvgIpc) is 2.97. The maximum Gasteiger partial charge on any atom is 0.0739 e. The van der Waals surface area contributed by atoms with Gasteiger partial charge in [-0.15, -0.1) is 0 Å². The number of rotatable bonds is 1. The molecule has 3 rings (SSSR count). The summed E-state index contributed by atoms with van der Waals surface area (Å²) < 4.78 is 0. The molecule has 1 heteroatoms. The van der Waals surface area contributed by atoms with E-state index in [0.29, 0.717) is 23.2 Å². The molecule has 1 N–H and O–H groups in total. The Morgan fingerprint density at radius 3 is 1.78 bits per heavy atom. The monoisotopic (exact) mass is 250 g/mol. The fourth-order valence-corrected chi connectivity index (χ4v) is 5.17. The zero-order valence-electron chi connectivity index (χ0n) is 12.4. The first-order chi connectivity index (χ1) is 8.44. The van der Waals surface area contributed by atoms with Gasteiger partial charge < -0.3 is 5.11 Å². The molecule has 3 fully saturated rings. The second-order valence-electron chi connectivity index (χ2n) is 8.30. The molecule has 0 radical (unpaired) electrons. The van der Waals surface area contributed by atoms with E-state index < -0.39 is 0 Å². The van der Waals surface area contributed by atoms with Gasteiger partial charge in [0.15, 0.2) is 0 Å². The van der Waals surface area contributed by atoms with E-state index >= 15 is 0 Å². The Balaban J connectivity index is 1.60. The topological polar surface area (TPSA) is 20.2 Å². The summed E-state index contributed by atoms with van der Waals surface area (Å²) >= 11 is 0. The lowest BCUT2D eigenvalue weighted by Gasteiger charge is -2.39. The lowest BCUT2D eigenvalue weighted by Crippen LogP contribution is -2.33. The molecule has 0 aromatic carbocycles. The van der Waals surface area contributed by atoms with Gasteiger partial charge in [0.25, 0.3) is 0 Å². The number of hydrogen-bond acceptors (Lipinski definition) is 1. The fraction of sp³-hybridized carbons (Fsp3) is 1.00. The Labute approximate surface area is 112 Å². The van der Waals surface area contributed by atoms with Gasteiger partial charge in [-0.25, -0.2) is 0 Å². The molecule has 0 aliphatic heterocycles. The van der Waals surface area contributed by atoms with Crippen molar-refractivity contribution in [2.24, 2.45) is 29.1 Å². The standard InChI is InChI=1S/C17H30O/c1-16(2,3)12-8-10-13(11-9-12)17(18)14-6-4-5-7-15(14)17/h12-15,18H,4-11H2,1-3H3. The first kappa shape index (κ1) is 13.0. The Morgan fingerprint density at radius 2 is 1.33 bits per heavy atom. The first-order valence-corrected chi connectivity index (χ1v) is 8.16. The Kier molecular flexibility index (Phi) is 3.05. The lowest BCUT2D eigenvalue weighted by atomic mass is 9.68. The molecule has 0 amide bonds. The summed E-state index contributed by atoms with van der Waals surface area (Å²) in [5.41, 5.74) is 0.239. The maximum absolute atomic E-state index is 11.0. The summed E-state index contributed by atoms with van der Waals surface area (Å²) in [5, 5.41) is 11.0. The molecule has 0 aromatic rings. The summed E-state index contributed by atoms with van der Waals surface area (Å²) in [6, 6.07) is 0. The third-order valence-electron chi connectivity index (χ3n) is 6.45. The fourth-order valence-electron chi connectivity index (χ4n) is 5.17. The SMILES string of the molecule is CC(C)(C)C1CCC(C2(O)C3CCCCC32)CC1. The summed E-state index contributed by atoms with van der Waals surface area (Å²) in [6.07, 6.45) is 10.6. The van der Waals surface area contributed by atoms with Crippen LogP contribution in [0.1, 0.15) is 72.1 Å². The summed E-state index contributed by atoms with van der Waals surface area (Å²) in [6.45, 7) is 7.14. The smallest absolute Gasteiger partial charge is 0.0739 e. The van der Waals surface area contributed by atoms with Gasteiger partial charge in [-0.1, -0.05) is 33.6 Å². The van der Waals surface area contributed by atoms with Crippen LogP contribution in [0.4, 0.5) is 0 Å². The van der Waals surface area contributed by atoms with Crippen molar-refractivity contribution >= 4 is 0 Å². The van der Waals surface area contributed by atoms with Crippen molar-refractivity contribution in [1.82, 2.24) is 0 Å². The largest absolute Gasteiger partial charge is 0.389 e. The molecule has 3 aliphatic rings. The van der Waals surface area contributed by atoms with Gasteiger partial charge in [-0.3, -0.25) is 0 Å². The van der Waals surface area contributed by atoms with E-state index in [1.165, 1.54) is 51.4 Å². The van der Waals surface area contributed by atoms with Crippen LogP contribution in [0.3, 0.4) is 0 Å². The minimum atomic E-state index is -0.223. The van der Waals surface area contributed by atoms with E-state index in [9.17, 15) is 5.11 Å². The molecule has 18 heavy (non-hydrogen) atoms. The van der Waals surface area contributed by atoms with Crippen LogP contribution in [-0.4, -0.2) is 10.7 Å². The van der Waals surface area contributed by atoms with Crippen molar-refractivity contribution in [1.29, 1.82) is 0 Å². The first-order valence-electron chi connectivity index (χ1n) is 8.16. The van der Waals surface area contributed by atoms with Crippen molar-refractivity contribution < 1.29 is 5.11 Å². The highest BCUT2D eigenvalue weighted by Crippen LogP contribution is 2.64. The zero-order chi connectivity index (χ0) is 13.0. The van der Waals surface area contributed by atoms with E-state index in [1.54, 1.807) is 0 Å².